The van der Waals surface area contributed by atoms with E-state index in [4.69, 9.17) is 16.3 Å². The highest BCUT2D eigenvalue weighted by molar-refractivity contribution is 7.84. The molecule has 2 rings (SSSR count). The fourth-order valence-corrected chi connectivity index (χ4v) is 2.94. The van der Waals surface area contributed by atoms with E-state index in [0.717, 1.165) is 6.07 Å². The summed E-state index contributed by atoms with van der Waals surface area (Å²) in [5.74, 6) is -1.59. The van der Waals surface area contributed by atoms with E-state index in [1.165, 1.54) is 30.5 Å². The largest absolute Gasteiger partial charge is 0.452 e. The number of nitro benzene ring substituents is 1. The third-order valence-corrected chi connectivity index (χ3v) is 4.39. The van der Waals surface area contributed by atoms with Crippen LogP contribution in [0.1, 0.15) is 10.4 Å². The highest BCUT2D eigenvalue weighted by Gasteiger charge is 2.19. The molecule has 136 valence electrons. The Morgan fingerprint density at radius 2 is 1.96 bits per heavy atom. The molecule has 0 aliphatic carbocycles. The van der Waals surface area contributed by atoms with Crippen LogP contribution in [-0.2, 0) is 20.3 Å². The minimum Gasteiger partial charge on any atom is -0.452 e. The number of benzene rings is 2. The van der Waals surface area contributed by atoms with Crippen molar-refractivity contribution in [2.24, 2.45) is 0 Å². The molecular formula is C16H13ClN2O6S. The number of nitrogens with one attached hydrogen (secondary N) is 1. The van der Waals surface area contributed by atoms with Gasteiger partial charge in [-0.05, 0) is 24.3 Å². The van der Waals surface area contributed by atoms with E-state index >= 15 is 0 Å². The number of nitro groups is 1. The second-order valence-corrected chi connectivity index (χ2v) is 6.78. The molecule has 0 aromatic heterocycles. The van der Waals surface area contributed by atoms with Crippen molar-refractivity contribution in [3.63, 3.8) is 0 Å². The molecular weight excluding hydrogens is 384 g/mol. The van der Waals surface area contributed by atoms with Crippen molar-refractivity contribution in [1.82, 2.24) is 0 Å². The Hall–Kier alpha value is -2.78. The molecule has 26 heavy (non-hydrogen) atoms. The smallest absolute Gasteiger partial charge is 0.339 e. The fraction of sp³-hybridized carbons (Fsp3) is 0.125. The van der Waals surface area contributed by atoms with Crippen molar-refractivity contribution >= 4 is 45.7 Å². The minimum absolute atomic E-state index is 0.0736. The standard InChI is InChI=1S/C16H13ClN2O6S/c1-26(24)14-5-3-2-4-11(14)16(21)25-9-15(20)18-12-7-6-10(17)8-13(12)19(22)23/h2-8H,9H2,1H3,(H,18,20)/t26-/m1/s1. The van der Waals surface area contributed by atoms with Crippen LogP contribution in [0.15, 0.2) is 47.4 Å². The molecule has 8 nitrogen and oxygen atoms in total. The number of anilines is 1. The maximum atomic E-state index is 12.1. The second kappa shape index (κ2) is 8.54. The Morgan fingerprint density at radius 3 is 2.62 bits per heavy atom. The molecule has 0 saturated carbocycles. The first-order valence-corrected chi connectivity index (χ1v) is 9.06. The average molecular weight is 397 g/mol. The van der Waals surface area contributed by atoms with Crippen molar-refractivity contribution in [3.05, 3.63) is 63.2 Å². The number of esters is 1. The van der Waals surface area contributed by atoms with Gasteiger partial charge in [0.2, 0.25) is 0 Å². The van der Waals surface area contributed by atoms with Gasteiger partial charge in [-0.3, -0.25) is 19.1 Å². The first-order valence-electron chi connectivity index (χ1n) is 7.13. The molecule has 1 atom stereocenters. The van der Waals surface area contributed by atoms with Crippen molar-refractivity contribution in [2.45, 2.75) is 4.90 Å². The zero-order valence-corrected chi connectivity index (χ0v) is 15.0. The van der Waals surface area contributed by atoms with Crippen LogP contribution in [0, 0.1) is 10.1 Å². The Bertz CT molecular complexity index is 902. The Kier molecular flexibility index (Phi) is 6.42. The molecule has 0 saturated heterocycles. The van der Waals surface area contributed by atoms with E-state index in [0.29, 0.717) is 0 Å². The lowest BCUT2D eigenvalue weighted by Gasteiger charge is -2.09. The predicted octanol–water partition coefficient (Wildman–Crippen LogP) is 2.78. The van der Waals surface area contributed by atoms with Crippen LogP contribution in [0.4, 0.5) is 11.4 Å². The lowest BCUT2D eigenvalue weighted by atomic mass is 10.2. The van der Waals surface area contributed by atoms with Gasteiger partial charge in [-0.15, -0.1) is 0 Å². The number of carbonyl (C=O) groups is 2. The number of rotatable bonds is 6. The summed E-state index contributed by atoms with van der Waals surface area (Å²) in [6, 6.07) is 9.89. The van der Waals surface area contributed by atoms with Gasteiger partial charge < -0.3 is 10.1 Å². The first-order chi connectivity index (χ1) is 12.3. The van der Waals surface area contributed by atoms with Gasteiger partial charge in [0.05, 0.1) is 26.2 Å². The van der Waals surface area contributed by atoms with Crippen LogP contribution in [0.5, 0.6) is 0 Å². The monoisotopic (exact) mass is 396 g/mol. The van der Waals surface area contributed by atoms with Crippen molar-refractivity contribution in [3.8, 4) is 0 Å². The second-order valence-electron chi connectivity index (χ2n) is 4.99. The first kappa shape index (κ1) is 19.5. The Labute approximate surface area is 155 Å². The topological polar surface area (TPSA) is 116 Å². The quantitative estimate of drug-likeness (QED) is 0.456. The van der Waals surface area contributed by atoms with Crippen LogP contribution in [-0.4, -0.2) is 33.9 Å². The summed E-state index contributed by atoms with van der Waals surface area (Å²) in [5.41, 5.74) is -0.377. The van der Waals surface area contributed by atoms with Crippen LogP contribution in [0.3, 0.4) is 0 Å². The van der Waals surface area contributed by atoms with E-state index < -0.39 is 34.2 Å². The number of nitrogens with zero attached hydrogens (tertiary/aromatic N) is 1. The number of hydrogen-bond acceptors (Lipinski definition) is 6. The normalized spacial score (nSPS) is 11.5. The molecule has 0 radical (unpaired) electrons. The number of amides is 1. The molecule has 0 aliphatic rings. The lowest BCUT2D eigenvalue weighted by molar-refractivity contribution is -0.383. The van der Waals surface area contributed by atoms with Crippen LogP contribution in [0.25, 0.3) is 0 Å². The third kappa shape index (κ3) is 4.87. The summed E-state index contributed by atoms with van der Waals surface area (Å²) in [6.45, 7) is -0.663. The lowest BCUT2D eigenvalue weighted by Crippen LogP contribution is -2.22. The molecule has 0 bridgehead atoms. The maximum Gasteiger partial charge on any atom is 0.339 e. The zero-order chi connectivity index (χ0) is 19.3. The Morgan fingerprint density at radius 1 is 1.27 bits per heavy atom. The van der Waals surface area contributed by atoms with Gasteiger partial charge in [-0.25, -0.2) is 4.79 Å². The molecule has 1 N–H and O–H groups in total. The molecule has 0 spiro atoms. The van der Waals surface area contributed by atoms with Gasteiger partial charge in [-0.2, -0.15) is 0 Å². The van der Waals surface area contributed by atoms with E-state index in [2.05, 4.69) is 5.32 Å². The molecule has 10 heteroatoms. The summed E-state index contributed by atoms with van der Waals surface area (Å²) < 4.78 is 16.5. The number of ether oxygens (including phenoxy) is 1. The molecule has 2 aromatic rings. The summed E-state index contributed by atoms with van der Waals surface area (Å²) >= 11 is 5.70. The molecule has 1 amide bonds. The number of carbonyl (C=O) groups excluding carboxylic acids is 2. The van der Waals surface area contributed by atoms with Gasteiger partial charge in [0.25, 0.3) is 11.6 Å². The van der Waals surface area contributed by atoms with E-state index in [1.54, 1.807) is 12.1 Å². The predicted molar refractivity (Wildman–Crippen MR) is 95.8 cm³/mol. The number of halogens is 1. The van der Waals surface area contributed by atoms with Gasteiger partial charge in [0.1, 0.15) is 5.69 Å². The van der Waals surface area contributed by atoms with Crippen molar-refractivity contribution < 1.29 is 23.5 Å². The minimum atomic E-state index is -1.41. The van der Waals surface area contributed by atoms with Crippen molar-refractivity contribution in [1.29, 1.82) is 0 Å². The van der Waals surface area contributed by atoms with Gasteiger partial charge in [-0.1, -0.05) is 23.7 Å². The number of hydrogen-bond donors (Lipinski definition) is 1. The van der Waals surface area contributed by atoms with Gasteiger partial charge >= 0.3 is 5.97 Å². The highest BCUT2D eigenvalue weighted by Crippen LogP contribution is 2.27. The van der Waals surface area contributed by atoms with Crippen LogP contribution in [0.2, 0.25) is 5.02 Å². The fourth-order valence-electron chi connectivity index (χ4n) is 2.04. The van der Waals surface area contributed by atoms with Gasteiger partial charge in [0, 0.05) is 17.3 Å². The summed E-state index contributed by atoms with van der Waals surface area (Å²) in [6.07, 6.45) is 1.42. The highest BCUT2D eigenvalue weighted by atomic mass is 35.5. The molecule has 0 unspecified atom stereocenters. The Balaban J connectivity index is 2.05. The van der Waals surface area contributed by atoms with E-state index in [1.807, 2.05) is 0 Å². The SMILES string of the molecule is C[S@@](=O)c1ccccc1C(=O)OCC(=O)Nc1ccc(Cl)cc1[N+](=O)[O-]. The third-order valence-electron chi connectivity index (χ3n) is 3.18. The summed E-state index contributed by atoms with van der Waals surface area (Å²) in [4.78, 5) is 34.6. The van der Waals surface area contributed by atoms with E-state index in [9.17, 15) is 23.9 Å². The van der Waals surface area contributed by atoms with E-state index in [-0.39, 0.29) is 26.9 Å². The van der Waals surface area contributed by atoms with Crippen molar-refractivity contribution in [2.75, 3.05) is 18.2 Å². The molecule has 0 aliphatic heterocycles. The summed E-state index contributed by atoms with van der Waals surface area (Å²) in [5, 5.41) is 13.4. The van der Waals surface area contributed by atoms with Crippen LogP contribution >= 0.6 is 11.6 Å². The molecule has 2 aromatic carbocycles. The molecule has 0 fully saturated rings. The molecule has 0 heterocycles. The zero-order valence-electron chi connectivity index (χ0n) is 13.4. The average Bonchev–Trinajstić information content (AvgIpc) is 2.61. The summed E-state index contributed by atoms with van der Waals surface area (Å²) in [7, 11) is -1.41. The van der Waals surface area contributed by atoms with Gasteiger partial charge in [0.15, 0.2) is 6.61 Å². The van der Waals surface area contributed by atoms with Crippen LogP contribution < -0.4 is 5.32 Å². The maximum absolute atomic E-state index is 12.1.